The summed E-state index contributed by atoms with van der Waals surface area (Å²) in [5.74, 6) is -0.334. The van der Waals surface area contributed by atoms with Gasteiger partial charge in [-0.2, -0.15) is 0 Å². The second kappa shape index (κ2) is 14.7. The summed E-state index contributed by atoms with van der Waals surface area (Å²) in [6.45, 7) is 17.3. The van der Waals surface area contributed by atoms with Gasteiger partial charge in [-0.15, -0.1) is 4.48 Å². The zero-order chi connectivity index (χ0) is 23.3. The van der Waals surface area contributed by atoms with Crippen LogP contribution in [0, 0.1) is 5.82 Å². The molecule has 0 atom stereocenters. The maximum Gasteiger partial charge on any atom is 0.123 e. The first-order valence-electron chi connectivity index (χ1n) is 9.52. The van der Waals surface area contributed by atoms with Gasteiger partial charge in [-0.25, -0.2) is 9.51 Å². The molecule has 0 saturated carbocycles. The van der Waals surface area contributed by atoms with Gasteiger partial charge in [-0.05, 0) is 61.6 Å². The standard InChI is InChI=1S/C18H19F2NS2.C6H13N/c1-12(2)18(23-14(4)22)10-16(11-21(5)20)13(3)15-6-8-17(19)9-7-15;1-3-4-5-6(2)7/h6-11H,1,3H2,2,4-5H3;2-5,7H2,1H3/b16-11+,18-10+;. The van der Waals surface area contributed by atoms with E-state index in [2.05, 4.69) is 26.7 Å². The van der Waals surface area contributed by atoms with Crippen molar-refractivity contribution in [2.24, 2.45) is 5.73 Å². The Morgan fingerprint density at radius 3 is 2.13 bits per heavy atom. The SMILES string of the molecule is C=C(C)/C(=C\C(=C/N(C)F)C(=C)c1ccc(F)cc1)SC(C)=S.C=C(N)CCCC. The van der Waals surface area contributed by atoms with Crippen LogP contribution >= 0.6 is 24.0 Å². The summed E-state index contributed by atoms with van der Waals surface area (Å²) in [7, 11) is 1.28. The molecule has 1 rings (SSSR count). The number of unbranched alkanes of at least 4 members (excludes halogenated alkanes) is 1. The number of hydrogen-bond donors (Lipinski definition) is 1. The van der Waals surface area contributed by atoms with Gasteiger partial charge in [0.1, 0.15) is 5.82 Å². The zero-order valence-electron chi connectivity index (χ0n) is 18.3. The number of rotatable bonds is 9. The van der Waals surface area contributed by atoms with Gasteiger partial charge in [0.25, 0.3) is 0 Å². The lowest BCUT2D eigenvalue weighted by atomic mass is 9.99. The summed E-state index contributed by atoms with van der Waals surface area (Å²) in [5, 5.41) is 0.450. The molecular weight excluding hydrogens is 418 g/mol. The third-order valence-corrected chi connectivity index (χ3v) is 4.89. The zero-order valence-corrected chi connectivity index (χ0v) is 19.9. The van der Waals surface area contributed by atoms with Gasteiger partial charge in [0, 0.05) is 33.6 Å². The van der Waals surface area contributed by atoms with Crippen LogP contribution in [0.15, 0.2) is 78.0 Å². The fourth-order valence-electron chi connectivity index (χ4n) is 2.15. The van der Waals surface area contributed by atoms with Crippen LogP contribution in [-0.4, -0.2) is 16.4 Å². The molecule has 30 heavy (non-hydrogen) atoms. The molecule has 6 heteroatoms. The summed E-state index contributed by atoms with van der Waals surface area (Å²) >= 11 is 6.51. The van der Waals surface area contributed by atoms with Crippen LogP contribution in [0.3, 0.4) is 0 Å². The van der Waals surface area contributed by atoms with E-state index < -0.39 is 0 Å². The van der Waals surface area contributed by atoms with Crippen molar-refractivity contribution in [3.63, 3.8) is 0 Å². The molecule has 0 aliphatic rings. The molecule has 2 nitrogen and oxygen atoms in total. The Labute approximate surface area is 189 Å². The van der Waals surface area contributed by atoms with Gasteiger partial charge < -0.3 is 5.73 Å². The van der Waals surface area contributed by atoms with Gasteiger partial charge in [-0.3, -0.25) is 0 Å². The van der Waals surface area contributed by atoms with Gasteiger partial charge in [0.2, 0.25) is 0 Å². The van der Waals surface area contributed by atoms with Crippen molar-refractivity contribution >= 4 is 33.7 Å². The Balaban J connectivity index is 0.00000103. The Hall–Kier alpha value is -2.18. The molecule has 2 N–H and O–H groups in total. The minimum Gasteiger partial charge on any atom is -0.403 e. The third kappa shape index (κ3) is 12.4. The van der Waals surface area contributed by atoms with Crippen LogP contribution in [0.5, 0.6) is 0 Å². The van der Waals surface area contributed by atoms with E-state index in [-0.39, 0.29) is 5.82 Å². The van der Waals surface area contributed by atoms with E-state index in [1.165, 1.54) is 50.0 Å². The third-order valence-electron chi connectivity index (χ3n) is 3.67. The molecule has 164 valence electrons. The van der Waals surface area contributed by atoms with Gasteiger partial charge in [-0.1, -0.05) is 69.2 Å². The molecule has 0 heterocycles. The van der Waals surface area contributed by atoms with E-state index >= 15 is 0 Å². The Morgan fingerprint density at radius 2 is 1.77 bits per heavy atom. The number of nitrogens with two attached hydrogens (primary N) is 1. The molecule has 0 fully saturated rings. The second-order valence-corrected chi connectivity index (χ2v) is 8.87. The lowest BCUT2D eigenvalue weighted by Gasteiger charge is -2.13. The number of thiocarbonyl (C=S) groups is 1. The number of allylic oxidation sites excluding steroid dienone is 5. The predicted molar refractivity (Wildman–Crippen MR) is 134 cm³/mol. The molecule has 0 unspecified atom stereocenters. The molecule has 0 bridgehead atoms. The minimum absolute atomic E-state index is 0.334. The van der Waals surface area contributed by atoms with Crippen molar-refractivity contribution in [2.75, 3.05) is 7.05 Å². The Bertz CT molecular complexity index is 807. The van der Waals surface area contributed by atoms with Gasteiger partial charge in [0.05, 0.1) is 0 Å². The summed E-state index contributed by atoms with van der Waals surface area (Å²) in [5.41, 5.74) is 8.76. The average Bonchev–Trinajstić information content (AvgIpc) is 2.65. The van der Waals surface area contributed by atoms with E-state index in [0.717, 1.165) is 26.8 Å². The van der Waals surface area contributed by atoms with Crippen molar-refractivity contribution < 1.29 is 8.87 Å². The predicted octanol–water partition coefficient (Wildman–Crippen LogP) is 7.73. The van der Waals surface area contributed by atoms with Crippen molar-refractivity contribution in [3.05, 3.63) is 89.4 Å². The first-order chi connectivity index (χ1) is 14.0. The molecule has 1 aromatic carbocycles. The van der Waals surface area contributed by atoms with Crippen LogP contribution in [0.2, 0.25) is 0 Å². The minimum atomic E-state index is -0.334. The molecule has 0 saturated heterocycles. The molecule has 1 aromatic rings. The first-order valence-corrected chi connectivity index (χ1v) is 10.7. The molecule has 0 radical (unpaired) electrons. The van der Waals surface area contributed by atoms with Gasteiger partial charge >= 0.3 is 0 Å². The Kier molecular flexibility index (Phi) is 13.7. The maximum absolute atomic E-state index is 13.4. The van der Waals surface area contributed by atoms with Crippen LogP contribution in [0.4, 0.5) is 8.87 Å². The highest BCUT2D eigenvalue weighted by Gasteiger charge is 2.09. The molecule has 0 aliphatic heterocycles. The topological polar surface area (TPSA) is 29.3 Å². The van der Waals surface area contributed by atoms with Crippen molar-refractivity contribution in [1.82, 2.24) is 5.12 Å². The number of benzene rings is 1. The highest BCUT2D eigenvalue weighted by molar-refractivity contribution is 8.25. The summed E-state index contributed by atoms with van der Waals surface area (Å²) < 4.78 is 27.2. The average molecular weight is 451 g/mol. The number of thioether (sulfide) groups is 1. The quantitative estimate of drug-likeness (QED) is 0.237. The van der Waals surface area contributed by atoms with E-state index in [0.29, 0.717) is 21.8 Å². The fraction of sp³-hybridized carbons (Fsp3) is 0.292. The summed E-state index contributed by atoms with van der Waals surface area (Å²) in [4.78, 5) is 0.828. The first kappa shape index (κ1) is 27.8. The number of hydrogen-bond acceptors (Lipinski definition) is 4. The largest absolute Gasteiger partial charge is 0.403 e. The molecule has 0 aromatic heterocycles. The monoisotopic (exact) mass is 450 g/mol. The lowest BCUT2D eigenvalue weighted by Crippen LogP contribution is -1.99. The van der Waals surface area contributed by atoms with Crippen LogP contribution in [0.1, 0.15) is 45.6 Å². The van der Waals surface area contributed by atoms with E-state index in [1.54, 1.807) is 18.2 Å². The summed E-state index contributed by atoms with van der Waals surface area (Å²) in [6.07, 6.45) is 6.46. The van der Waals surface area contributed by atoms with Crippen molar-refractivity contribution in [3.8, 4) is 0 Å². The molecule has 0 spiro atoms. The van der Waals surface area contributed by atoms with Crippen LogP contribution in [0.25, 0.3) is 5.57 Å². The molecule has 0 aliphatic carbocycles. The maximum atomic E-state index is 13.4. The van der Waals surface area contributed by atoms with Crippen molar-refractivity contribution in [2.45, 2.75) is 40.0 Å². The second-order valence-electron chi connectivity index (χ2n) is 6.74. The smallest absolute Gasteiger partial charge is 0.123 e. The van der Waals surface area contributed by atoms with Crippen molar-refractivity contribution in [1.29, 1.82) is 0 Å². The normalized spacial score (nSPS) is 11.3. The van der Waals surface area contributed by atoms with E-state index in [9.17, 15) is 8.87 Å². The van der Waals surface area contributed by atoms with Gasteiger partial charge in [0.15, 0.2) is 0 Å². The Morgan fingerprint density at radius 1 is 1.20 bits per heavy atom. The fourth-order valence-corrected chi connectivity index (χ4v) is 3.09. The summed E-state index contributed by atoms with van der Waals surface area (Å²) in [6, 6.07) is 5.90. The number of nitrogens with zero attached hydrogens (tertiary/aromatic N) is 1. The van der Waals surface area contributed by atoms with E-state index in [1.807, 2.05) is 13.8 Å². The van der Waals surface area contributed by atoms with Crippen LogP contribution < -0.4 is 5.73 Å². The highest BCUT2D eigenvalue weighted by Crippen LogP contribution is 2.30. The lowest BCUT2D eigenvalue weighted by molar-refractivity contribution is 0.128. The molecule has 0 amide bonds. The van der Waals surface area contributed by atoms with E-state index in [4.69, 9.17) is 18.0 Å². The number of halogens is 2. The molecular formula is C24H32F2N2S2. The van der Waals surface area contributed by atoms with Crippen LogP contribution in [-0.2, 0) is 0 Å². The highest BCUT2D eigenvalue weighted by atomic mass is 32.2.